The molecule has 4 nitrogen and oxygen atoms in total. The van der Waals surface area contributed by atoms with Crippen LogP contribution in [-0.2, 0) is 0 Å². The van der Waals surface area contributed by atoms with E-state index in [1.807, 2.05) is 17.5 Å². The molecule has 84 valence electrons. The molecule has 0 saturated carbocycles. The zero-order chi connectivity index (χ0) is 11.5. The molecule has 0 bridgehead atoms. The number of thioether (sulfide) groups is 1. The number of hydrogen-bond acceptors (Lipinski definition) is 5. The topological polar surface area (TPSA) is 69.2 Å². The van der Waals surface area contributed by atoms with Crippen LogP contribution in [0.2, 0.25) is 0 Å². The van der Waals surface area contributed by atoms with Crippen molar-refractivity contribution in [2.45, 2.75) is 17.1 Å². The average Bonchev–Trinajstić information content (AvgIpc) is 2.73. The molecule has 1 aromatic heterocycles. The highest BCUT2D eigenvalue weighted by Gasteiger charge is 2.19. The van der Waals surface area contributed by atoms with E-state index in [4.69, 9.17) is 5.73 Å². The van der Waals surface area contributed by atoms with Crippen LogP contribution in [0.25, 0.3) is 0 Å². The van der Waals surface area contributed by atoms with Crippen LogP contribution in [-0.4, -0.2) is 4.92 Å². The van der Waals surface area contributed by atoms with E-state index in [9.17, 15) is 10.1 Å². The van der Waals surface area contributed by atoms with Gasteiger partial charge in [0.25, 0.3) is 0 Å². The summed E-state index contributed by atoms with van der Waals surface area (Å²) in [5.41, 5.74) is 6.53. The van der Waals surface area contributed by atoms with Gasteiger partial charge in [-0.1, -0.05) is 17.8 Å². The summed E-state index contributed by atoms with van der Waals surface area (Å²) in [6, 6.07) is 3.99. The lowest BCUT2D eigenvalue weighted by atomic mass is 10.1. The maximum atomic E-state index is 10.6. The third kappa shape index (κ3) is 2.45. The lowest BCUT2D eigenvalue weighted by molar-refractivity contribution is -0.428. The molecule has 0 aromatic carbocycles. The van der Waals surface area contributed by atoms with Crippen molar-refractivity contribution in [3.05, 3.63) is 50.0 Å². The molecular weight excluding hydrogens is 244 g/mol. The van der Waals surface area contributed by atoms with Gasteiger partial charge in [0.2, 0.25) is 5.70 Å². The van der Waals surface area contributed by atoms with Crippen molar-refractivity contribution in [3.63, 3.8) is 0 Å². The Morgan fingerprint density at radius 3 is 2.88 bits per heavy atom. The van der Waals surface area contributed by atoms with Gasteiger partial charge in [-0.05, 0) is 17.9 Å². The van der Waals surface area contributed by atoms with Gasteiger partial charge in [-0.2, -0.15) is 0 Å². The first kappa shape index (κ1) is 11.2. The standard InChI is InChI=1S/C10H10N2O2S2/c11-8-6-7(12(13)14)3-4-9(8)16-10-2-1-5-15-10/h1-2,5-6H,3-4,11H2. The van der Waals surface area contributed by atoms with Gasteiger partial charge in [0, 0.05) is 23.1 Å². The molecule has 2 N–H and O–H groups in total. The van der Waals surface area contributed by atoms with E-state index in [0.717, 1.165) is 9.11 Å². The van der Waals surface area contributed by atoms with Crippen LogP contribution in [0, 0.1) is 10.1 Å². The molecule has 6 heteroatoms. The molecule has 0 aliphatic heterocycles. The number of hydrogen-bond donors (Lipinski definition) is 1. The van der Waals surface area contributed by atoms with Crippen LogP contribution < -0.4 is 5.73 Å². The van der Waals surface area contributed by atoms with Gasteiger partial charge in [-0.15, -0.1) is 11.3 Å². The SMILES string of the molecule is NC1=C(Sc2cccs2)CCC([N+](=O)[O-])=C1. The molecule has 1 aliphatic carbocycles. The lowest BCUT2D eigenvalue weighted by Crippen LogP contribution is -2.09. The Kier molecular flexibility index (Phi) is 3.31. The molecule has 1 aliphatic rings. The summed E-state index contributed by atoms with van der Waals surface area (Å²) in [6.07, 6.45) is 2.59. The van der Waals surface area contributed by atoms with Crippen LogP contribution in [0.5, 0.6) is 0 Å². The van der Waals surface area contributed by atoms with Crippen LogP contribution in [0.15, 0.2) is 44.1 Å². The Balaban J connectivity index is 2.17. The van der Waals surface area contributed by atoms with E-state index in [1.165, 1.54) is 6.08 Å². The van der Waals surface area contributed by atoms with E-state index >= 15 is 0 Å². The first-order valence-electron chi connectivity index (χ1n) is 4.72. The van der Waals surface area contributed by atoms with Crippen molar-refractivity contribution in [3.8, 4) is 0 Å². The van der Waals surface area contributed by atoms with Crippen LogP contribution in [0.4, 0.5) is 0 Å². The van der Waals surface area contributed by atoms with Crippen molar-refractivity contribution in [1.29, 1.82) is 0 Å². The van der Waals surface area contributed by atoms with Crippen LogP contribution >= 0.6 is 23.1 Å². The Bertz CT molecular complexity index is 463. The summed E-state index contributed by atoms with van der Waals surface area (Å²) >= 11 is 3.24. The summed E-state index contributed by atoms with van der Waals surface area (Å²) in [4.78, 5) is 11.2. The number of thiophene rings is 1. The molecule has 1 aromatic rings. The van der Waals surface area contributed by atoms with Gasteiger partial charge < -0.3 is 5.73 Å². The number of allylic oxidation sites excluding steroid dienone is 3. The number of nitrogens with two attached hydrogens (primary N) is 1. The van der Waals surface area contributed by atoms with E-state index in [0.29, 0.717) is 18.5 Å². The fourth-order valence-corrected chi connectivity index (χ4v) is 3.29. The molecule has 0 spiro atoms. The largest absolute Gasteiger partial charge is 0.398 e. The third-order valence-electron chi connectivity index (χ3n) is 2.21. The first-order chi connectivity index (χ1) is 7.66. The van der Waals surface area contributed by atoms with E-state index in [1.54, 1.807) is 23.1 Å². The highest BCUT2D eigenvalue weighted by molar-refractivity contribution is 8.04. The lowest BCUT2D eigenvalue weighted by Gasteiger charge is -2.12. The zero-order valence-electron chi connectivity index (χ0n) is 8.38. The molecule has 0 amide bonds. The molecule has 0 radical (unpaired) electrons. The summed E-state index contributed by atoms with van der Waals surface area (Å²) in [7, 11) is 0. The Labute approximate surface area is 101 Å². The highest BCUT2D eigenvalue weighted by atomic mass is 32.2. The number of nitrogens with zero attached hydrogens (tertiary/aromatic N) is 1. The van der Waals surface area contributed by atoms with E-state index in [2.05, 4.69) is 0 Å². The van der Waals surface area contributed by atoms with Crippen LogP contribution in [0.3, 0.4) is 0 Å². The summed E-state index contributed by atoms with van der Waals surface area (Å²) < 4.78 is 1.16. The molecule has 0 unspecified atom stereocenters. The first-order valence-corrected chi connectivity index (χ1v) is 6.41. The molecule has 16 heavy (non-hydrogen) atoms. The maximum absolute atomic E-state index is 10.6. The predicted octanol–water partition coefficient (Wildman–Crippen LogP) is 2.96. The summed E-state index contributed by atoms with van der Waals surface area (Å²) in [6.45, 7) is 0. The Morgan fingerprint density at radius 1 is 1.50 bits per heavy atom. The summed E-state index contributed by atoms with van der Waals surface area (Å²) in [5.74, 6) is 0. The minimum atomic E-state index is -0.362. The molecule has 0 saturated heterocycles. The molecular formula is C10H10N2O2S2. The molecule has 2 rings (SSSR count). The average molecular weight is 254 g/mol. The van der Waals surface area contributed by atoms with Gasteiger partial charge in [0.15, 0.2) is 0 Å². The number of rotatable bonds is 3. The maximum Gasteiger partial charge on any atom is 0.248 e. The predicted molar refractivity (Wildman–Crippen MR) is 65.7 cm³/mol. The fraction of sp³-hybridized carbons (Fsp3) is 0.200. The van der Waals surface area contributed by atoms with Crippen molar-refractivity contribution < 1.29 is 4.92 Å². The van der Waals surface area contributed by atoms with E-state index < -0.39 is 0 Å². The van der Waals surface area contributed by atoms with Crippen molar-refractivity contribution in [1.82, 2.24) is 0 Å². The Hall–Kier alpha value is -1.27. The van der Waals surface area contributed by atoms with Crippen molar-refractivity contribution in [2.24, 2.45) is 5.73 Å². The van der Waals surface area contributed by atoms with E-state index in [-0.39, 0.29) is 10.6 Å². The van der Waals surface area contributed by atoms with Gasteiger partial charge >= 0.3 is 0 Å². The molecule has 0 atom stereocenters. The third-order valence-corrected chi connectivity index (χ3v) is 4.43. The smallest absolute Gasteiger partial charge is 0.248 e. The second-order valence-electron chi connectivity index (χ2n) is 3.31. The quantitative estimate of drug-likeness (QED) is 0.665. The zero-order valence-corrected chi connectivity index (χ0v) is 10.0. The monoisotopic (exact) mass is 254 g/mol. The molecule has 0 fully saturated rings. The van der Waals surface area contributed by atoms with Gasteiger partial charge in [-0.3, -0.25) is 10.1 Å². The highest BCUT2D eigenvalue weighted by Crippen LogP contribution is 2.37. The molecule has 1 heterocycles. The minimum absolute atomic E-state index is 0.202. The van der Waals surface area contributed by atoms with Crippen molar-refractivity contribution in [2.75, 3.05) is 0 Å². The van der Waals surface area contributed by atoms with Gasteiger partial charge in [0.05, 0.1) is 9.13 Å². The normalized spacial score (nSPS) is 16.1. The number of nitro groups is 1. The van der Waals surface area contributed by atoms with Gasteiger partial charge in [0.1, 0.15) is 0 Å². The summed E-state index contributed by atoms with van der Waals surface area (Å²) in [5, 5.41) is 12.6. The second-order valence-corrected chi connectivity index (χ2v) is 5.65. The van der Waals surface area contributed by atoms with Crippen LogP contribution in [0.1, 0.15) is 12.8 Å². The Morgan fingerprint density at radius 2 is 2.31 bits per heavy atom. The minimum Gasteiger partial charge on any atom is -0.398 e. The second kappa shape index (κ2) is 4.71. The van der Waals surface area contributed by atoms with Gasteiger partial charge in [-0.25, -0.2) is 0 Å². The van der Waals surface area contributed by atoms with Crippen molar-refractivity contribution >= 4 is 23.1 Å². The fourth-order valence-electron chi connectivity index (χ4n) is 1.42.